The lowest BCUT2D eigenvalue weighted by Crippen LogP contribution is -2.45. The van der Waals surface area contributed by atoms with E-state index >= 15 is 0 Å². The first-order valence-electron chi connectivity index (χ1n) is 7.56. The molecule has 2 aromatic rings. The van der Waals surface area contributed by atoms with Gasteiger partial charge < -0.3 is 5.32 Å². The molecule has 1 saturated heterocycles. The molecule has 3 rings (SSSR count). The second-order valence-electron chi connectivity index (χ2n) is 5.79. The summed E-state index contributed by atoms with van der Waals surface area (Å²) >= 11 is 6.12. The molecular weight excluding hydrogens is 298 g/mol. The van der Waals surface area contributed by atoms with Crippen LogP contribution in [0.4, 0.5) is 5.82 Å². The summed E-state index contributed by atoms with van der Waals surface area (Å²) in [6.45, 7) is 5.25. The molecule has 5 nitrogen and oxygen atoms in total. The van der Waals surface area contributed by atoms with Crippen LogP contribution in [-0.2, 0) is 6.54 Å². The van der Waals surface area contributed by atoms with Crippen molar-refractivity contribution >= 4 is 17.4 Å². The summed E-state index contributed by atoms with van der Waals surface area (Å²) in [5.74, 6) is 1.25. The number of likely N-dealkylation sites (tertiary alicyclic amines) is 1. The monoisotopic (exact) mass is 317 g/mol. The molecule has 0 bridgehead atoms. The molecule has 22 heavy (non-hydrogen) atoms. The summed E-state index contributed by atoms with van der Waals surface area (Å²) in [7, 11) is 0. The van der Waals surface area contributed by atoms with Crippen molar-refractivity contribution in [2.24, 2.45) is 5.92 Å². The van der Waals surface area contributed by atoms with E-state index in [-0.39, 0.29) is 0 Å². The zero-order chi connectivity index (χ0) is 15.4. The van der Waals surface area contributed by atoms with Gasteiger partial charge in [0.25, 0.3) is 0 Å². The Morgan fingerprint density at radius 1 is 1.36 bits per heavy atom. The minimum Gasteiger partial charge on any atom is -0.366 e. The van der Waals surface area contributed by atoms with Gasteiger partial charge in [-0.1, -0.05) is 24.6 Å². The van der Waals surface area contributed by atoms with Gasteiger partial charge >= 0.3 is 0 Å². The number of nitrogens with one attached hydrogen (secondary N) is 1. The fraction of sp³-hybridized carbons (Fsp3) is 0.438. The lowest BCUT2D eigenvalue weighted by Gasteiger charge is -2.37. The predicted octanol–water partition coefficient (Wildman–Crippen LogP) is 2.85. The largest absolute Gasteiger partial charge is 0.366 e. The van der Waals surface area contributed by atoms with Crippen LogP contribution in [0, 0.1) is 5.92 Å². The van der Waals surface area contributed by atoms with Crippen LogP contribution < -0.4 is 5.32 Å². The van der Waals surface area contributed by atoms with Crippen molar-refractivity contribution in [1.82, 2.24) is 19.9 Å². The average Bonchev–Trinajstić information content (AvgIpc) is 2.53. The van der Waals surface area contributed by atoms with E-state index in [4.69, 9.17) is 11.6 Å². The Labute approximate surface area is 135 Å². The van der Waals surface area contributed by atoms with Crippen LogP contribution in [0.2, 0.25) is 5.02 Å². The Kier molecular flexibility index (Phi) is 4.85. The molecule has 1 fully saturated rings. The van der Waals surface area contributed by atoms with Crippen LogP contribution in [0.1, 0.15) is 19.0 Å². The molecular formula is C16H20ClN5. The van der Waals surface area contributed by atoms with Gasteiger partial charge in [-0.3, -0.25) is 9.88 Å². The highest BCUT2D eigenvalue weighted by molar-refractivity contribution is 6.32. The molecule has 1 N–H and O–H groups in total. The van der Waals surface area contributed by atoms with Gasteiger partial charge in [0, 0.05) is 31.9 Å². The van der Waals surface area contributed by atoms with Crippen LogP contribution >= 0.6 is 11.6 Å². The molecule has 0 spiro atoms. The molecule has 0 aliphatic carbocycles. The fourth-order valence-corrected chi connectivity index (χ4v) is 3.06. The van der Waals surface area contributed by atoms with E-state index in [1.54, 1.807) is 6.20 Å². The first kappa shape index (κ1) is 15.2. The van der Waals surface area contributed by atoms with E-state index in [0.29, 0.717) is 17.0 Å². The van der Waals surface area contributed by atoms with E-state index in [0.717, 1.165) is 37.6 Å². The van der Waals surface area contributed by atoms with Gasteiger partial charge in [0.1, 0.15) is 17.2 Å². The number of hydrogen-bond donors (Lipinski definition) is 1. The smallest absolute Gasteiger partial charge is 0.148 e. The lowest BCUT2D eigenvalue weighted by atomic mass is 9.93. The Balaban J connectivity index is 1.57. The number of hydrogen-bond acceptors (Lipinski definition) is 5. The minimum absolute atomic E-state index is 0.382. The van der Waals surface area contributed by atoms with Crippen LogP contribution in [-0.4, -0.2) is 39.0 Å². The third-order valence-electron chi connectivity index (χ3n) is 4.09. The molecule has 2 atom stereocenters. The molecule has 0 radical (unpaired) electrons. The maximum absolute atomic E-state index is 6.12. The first-order chi connectivity index (χ1) is 10.7. The Bertz CT molecular complexity index is 606. The van der Waals surface area contributed by atoms with Crippen molar-refractivity contribution < 1.29 is 0 Å². The fourth-order valence-electron chi connectivity index (χ4n) is 2.91. The van der Waals surface area contributed by atoms with E-state index in [1.807, 2.05) is 18.3 Å². The van der Waals surface area contributed by atoms with Gasteiger partial charge in [-0.2, -0.15) is 0 Å². The van der Waals surface area contributed by atoms with Crippen molar-refractivity contribution in [2.75, 3.05) is 18.4 Å². The van der Waals surface area contributed by atoms with Gasteiger partial charge in [-0.15, -0.1) is 0 Å². The molecule has 0 saturated carbocycles. The van der Waals surface area contributed by atoms with Crippen LogP contribution in [0.3, 0.4) is 0 Å². The van der Waals surface area contributed by atoms with Gasteiger partial charge in [-0.25, -0.2) is 9.97 Å². The Hall–Kier alpha value is -1.72. The summed E-state index contributed by atoms with van der Waals surface area (Å²) in [5.41, 5.74) is 1.12. The van der Waals surface area contributed by atoms with Crippen molar-refractivity contribution in [3.05, 3.63) is 47.6 Å². The molecule has 1 aliphatic heterocycles. The molecule has 116 valence electrons. The SMILES string of the molecule is CC1CN(Cc2ccccn2)CCC1Nc1ncncc1Cl. The highest BCUT2D eigenvalue weighted by Crippen LogP contribution is 2.24. The number of halogens is 1. The number of piperidine rings is 1. The average molecular weight is 318 g/mol. The quantitative estimate of drug-likeness (QED) is 0.939. The number of anilines is 1. The summed E-state index contributed by atoms with van der Waals surface area (Å²) in [6, 6.07) is 6.45. The van der Waals surface area contributed by atoms with E-state index < -0.39 is 0 Å². The van der Waals surface area contributed by atoms with Crippen LogP contribution in [0.5, 0.6) is 0 Å². The van der Waals surface area contributed by atoms with E-state index in [1.165, 1.54) is 6.33 Å². The summed E-state index contributed by atoms with van der Waals surface area (Å²) in [4.78, 5) is 15.0. The number of nitrogens with zero attached hydrogens (tertiary/aromatic N) is 4. The van der Waals surface area contributed by atoms with Crippen molar-refractivity contribution in [1.29, 1.82) is 0 Å². The topological polar surface area (TPSA) is 53.9 Å². The maximum atomic E-state index is 6.12. The van der Waals surface area contributed by atoms with Crippen molar-refractivity contribution in [3.8, 4) is 0 Å². The minimum atomic E-state index is 0.382. The standard InChI is InChI=1S/C16H20ClN5/c1-12-9-22(10-13-4-2-3-6-19-13)7-5-15(12)21-16-14(17)8-18-11-20-16/h2-4,6,8,11-12,15H,5,7,9-10H2,1H3,(H,18,20,21). The van der Waals surface area contributed by atoms with E-state index in [9.17, 15) is 0 Å². The molecule has 6 heteroatoms. The van der Waals surface area contributed by atoms with E-state index in [2.05, 4.69) is 38.2 Å². The third-order valence-corrected chi connectivity index (χ3v) is 4.37. The summed E-state index contributed by atoms with van der Waals surface area (Å²) < 4.78 is 0. The highest BCUT2D eigenvalue weighted by Gasteiger charge is 2.26. The van der Waals surface area contributed by atoms with Crippen LogP contribution in [0.15, 0.2) is 36.9 Å². The second kappa shape index (κ2) is 7.03. The normalized spacial score (nSPS) is 22.5. The summed E-state index contributed by atoms with van der Waals surface area (Å²) in [6.07, 6.45) is 6.06. The van der Waals surface area contributed by atoms with Crippen molar-refractivity contribution in [2.45, 2.75) is 25.9 Å². The molecule has 2 unspecified atom stereocenters. The highest BCUT2D eigenvalue weighted by atomic mass is 35.5. The lowest BCUT2D eigenvalue weighted by molar-refractivity contribution is 0.163. The molecule has 1 aliphatic rings. The molecule has 2 aromatic heterocycles. The van der Waals surface area contributed by atoms with Gasteiger partial charge in [-0.05, 0) is 24.5 Å². The maximum Gasteiger partial charge on any atom is 0.148 e. The van der Waals surface area contributed by atoms with Crippen LogP contribution in [0.25, 0.3) is 0 Å². The molecule has 0 aromatic carbocycles. The third kappa shape index (κ3) is 3.72. The number of aromatic nitrogens is 3. The predicted molar refractivity (Wildman–Crippen MR) is 87.7 cm³/mol. The second-order valence-corrected chi connectivity index (χ2v) is 6.20. The number of pyridine rings is 1. The zero-order valence-electron chi connectivity index (χ0n) is 12.6. The summed E-state index contributed by atoms with van der Waals surface area (Å²) in [5, 5.41) is 4.03. The number of rotatable bonds is 4. The Morgan fingerprint density at radius 3 is 3.00 bits per heavy atom. The van der Waals surface area contributed by atoms with Gasteiger partial charge in [0.05, 0.1) is 11.9 Å². The first-order valence-corrected chi connectivity index (χ1v) is 7.94. The van der Waals surface area contributed by atoms with Crippen molar-refractivity contribution in [3.63, 3.8) is 0 Å². The van der Waals surface area contributed by atoms with Gasteiger partial charge in [0.15, 0.2) is 0 Å². The zero-order valence-corrected chi connectivity index (χ0v) is 13.4. The molecule has 3 heterocycles. The Morgan fingerprint density at radius 2 is 2.27 bits per heavy atom. The molecule has 0 amide bonds. The van der Waals surface area contributed by atoms with Gasteiger partial charge in [0.2, 0.25) is 0 Å².